The monoisotopic (exact) mass is 440 g/mol. The van der Waals surface area contributed by atoms with Gasteiger partial charge in [-0.05, 0) is 72.6 Å². The van der Waals surface area contributed by atoms with Gasteiger partial charge in [-0.2, -0.15) is 0 Å². The standard InChI is InChI=1S/C26H24N4O3/c1-32-21-11-7-19(8-12-21)15-18-28-25(31)23-5-4-17-29-26(23)33-22-13-9-20(10-14-22)30-24-6-2-3-16-27-24/h2-14,16-17H,15,18H2,1H3,(H,27,30)(H,28,31). The summed E-state index contributed by atoms with van der Waals surface area (Å²) >= 11 is 0. The fourth-order valence-electron chi connectivity index (χ4n) is 3.16. The number of carbonyl (C=O) groups is 1. The smallest absolute Gasteiger partial charge is 0.256 e. The maximum atomic E-state index is 12.7. The van der Waals surface area contributed by atoms with Crippen molar-refractivity contribution in [3.63, 3.8) is 0 Å². The molecule has 33 heavy (non-hydrogen) atoms. The highest BCUT2D eigenvalue weighted by molar-refractivity contribution is 5.96. The van der Waals surface area contributed by atoms with Gasteiger partial charge in [0.25, 0.3) is 5.91 Å². The summed E-state index contributed by atoms with van der Waals surface area (Å²) in [5.74, 6) is 2.16. The van der Waals surface area contributed by atoms with Crippen LogP contribution in [0, 0.1) is 0 Å². The van der Waals surface area contributed by atoms with E-state index < -0.39 is 0 Å². The Balaban J connectivity index is 1.35. The average Bonchev–Trinajstić information content (AvgIpc) is 2.86. The third kappa shape index (κ3) is 6.07. The first-order valence-corrected chi connectivity index (χ1v) is 10.5. The van der Waals surface area contributed by atoms with Crippen LogP contribution in [0.1, 0.15) is 15.9 Å². The average molecular weight is 441 g/mol. The molecule has 2 aromatic heterocycles. The first-order chi connectivity index (χ1) is 16.2. The Kier molecular flexibility index (Phi) is 7.12. The van der Waals surface area contributed by atoms with E-state index in [0.717, 1.165) is 22.8 Å². The number of hydrogen-bond donors (Lipinski definition) is 2. The Hall–Kier alpha value is -4.39. The van der Waals surface area contributed by atoms with Crippen LogP contribution in [0.3, 0.4) is 0 Å². The molecule has 7 heteroatoms. The summed E-state index contributed by atoms with van der Waals surface area (Å²) in [5.41, 5.74) is 2.36. The molecule has 0 bridgehead atoms. The van der Waals surface area contributed by atoms with Gasteiger partial charge in [0.15, 0.2) is 0 Å². The van der Waals surface area contributed by atoms with Crippen LogP contribution in [0.15, 0.2) is 91.3 Å². The third-order valence-electron chi connectivity index (χ3n) is 4.88. The highest BCUT2D eigenvalue weighted by atomic mass is 16.5. The Morgan fingerprint density at radius 3 is 2.33 bits per heavy atom. The lowest BCUT2D eigenvalue weighted by molar-refractivity contribution is 0.0951. The molecule has 4 rings (SSSR count). The molecule has 0 fully saturated rings. The molecule has 0 aliphatic rings. The van der Waals surface area contributed by atoms with E-state index in [1.165, 1.54) is 0 Å². The van der Waals surface area contributed by atoms with E-state index in [0.29, 0.717) is 24.3 Å². The summed E-state index contributed by atoms with van der Waals surface area (Å²) in [4.78, 5) is 21.2. The molecule has 0 aliphatic heterocycles. The minimum absolute atomic E-state index is 0.236. The molecular formula is C26H24N4O3. The van der Waals surface area contributed by atoms with Gasteiger partial charge in [-0.25, -0.2) is 9.97 Å². The molecule has 1 amide bonds. The normalized spacial score (nSPS) is 10.3. The summed E-state index contributed by atoms with van der Waals surface area (Å²) in [6.07, 6.45) is 4.03. The Labute approximate surface area is 192 Å². The van der Waals surface area contributed by atoms with Crippen LogP contribution in [0.5, 0.6) is 17.4 Å². The number of benzene rings is 2. The molecule has 7 nitrogen and oxygen atoms in total. The minimum atomic E-state index is -0.236. The molecule has 0 unspecified atom stereocenters. The van der Waals surface area contributed by atoms with Crippen molar-refractivity contribution in [3.05, 3.63) is 102 Å². The van der Waals surface area contributed by atoms with Gasteiger partial charge in [0.2, 0.25) is 5.88 Å². The second-order valence-corrected chi connectivity index (χ2v) is 7.18. The first kappa shape index (κ1) is 21.8. The van der Waals surface area contributed by atoms with Crippen molar-refractivity contribution in [3.8, 4) is 17.4 Å². The summed E-state index contributed by atoms with van der Waals surface area (Å²) in [6.45, 7) is 0.493. The van der Waals surface area contributed by atoms with Crippen LogP contribution < -0.4 is 20.1 Å². The maximum Gasteiger partial charge on any atom is 0.256 e. The van der Waals surface area contributed by atoms with Crippen molar-refractivity contribution in [2.24, 2.45) is 0 Å². The largest absolute Gasteiger partial charge is 0.497 e. The zero-order valence-corrected chi connectivity index (χ0v) is 18.2. The molecule has 2 N–H and O–H groups in total. The van der Waals surface area contributed by atoms with Crippen molar-refractivity contribution >= 4 is 17.4 Å². The molecule has 0 atom stereocenters. The van der Waals surface area contributed by atoms with Gasteiger partial charge in [0, 0.05) is 24.6 Å². The van der Waals surface area contributed by atoms with Crippen molar-refractivity contribution in [2.45, 2.75) is 6.42 Å². The number of anilines is 2. The van der Waals surface area contributed by atoms with Crippen molar-refractivity contribution < 1.29 is 14.3 Å². The van der Waals surface area contributed by atoms with Crippen LogP contribution in [0.25, 0.3) is 0 Å². The van der Waals surface area contributed by atoms with E-state index in [9.17, 15) is 4.79 Å². The van der Waals surface area contributed by atoms with Crippen molar-refractivity contribution in [1.29, 1.82) is 0 Å². The topological polar surface area (TPSA) is 85.4 Å². The highest BCUT2D eigenvalue weighted by Gasteiger charge is 2.14. The van der Waals surface area contributed by atoms with Crippen LogP contribution in [0.2, 0.25) is 0 Å². The predicted molar refractivity (Wildman–Crippen MR) is 127 cm³/mol. The van der Waals surface area contributed by atoms with Gasteiger partial charge in [0.05, 0.1) is 7.11 Å². The number of nitrogens with zero attached hydrogens (tertiary/aromatic N) is 2. The molecule has 0 saturated carbocycles. The number of rotatable bonds is 9. The Morgan fingerprint density at radius 1 is 0.848 bits per heavy atom. The van der Waals surface area contributed by atoms with Gasteiger partial charge in [-0.1, -0.05) is 18.2 Å². The van der Waals surface area contributed by atoms with E-state index in [-0.39, 0.29) is 11.8 Å². The predicted octanol–water partition coefficient (Wildman–Crippen LogP) is 4.99. The lowest BCUT2D eigenvalue weighted by atomic mass is 10.1. The van der Waals surface area contributed by atoms with Crippen LogP contribution in [0.4, 0.5) is 11.5 Å². The fourth-order valence-corrected chi connectivity index (χ4v) is 3.16. The van der Waals surface area contributed by atoms with Crippen molar-refractivity contribution in [2.75, 3.05) is 19.0 Å². The second-order valence-electron chi connectivity index (χ2n) is 7.18. The molecule has 2 aromatic carbocycles. The fraction of sp³-hybridized carbons (Fsp3) is 0.115. The van der Waals surface area contributed by atoms with Gasteiger partial charge in [-0.15, -0.1) is 0 Å². The summed E-state index contributed by atoms with van der Waals surface area (Å²) in [5, 5.41) is 6.15. The van der Waals surface area contributed by atoms with Gasteiger partial charge < -0.3 is 20.1 Å². The van der Waals surface area contributed by atoms with E-state index in [4.69, 9.17) is 9.47 Å². The number of aromatic nitrogens is 2. The van der Waals surface area contributed by atoms with Gasteiger partial charge in [-0.3, -0.25) is 4.79 Å². The van der Waals surface area contributed by atoms with E-state index >= 15 is 0 Å². The lowest BCUT2D eigenvalue weighted by Crippen LogP contribution is -2.26. The van der Waals surface area contributed by atoms with Crippen LogP contribution in [-0.4, -0.2) is 29.5 Å². The lowest BCUT2D eigenvalue weighted by Gasteiger charge is -2.11. The number of nitrogens with one attached hydrogen (secondary N) is 2. The Morgan fingerprint density at radius 2 is 1.61 bits per heavy atom. The summed E-state index contributed by atoms with van der Waals surface area (Å²) in [6, 6.07) is 24.2. The number of carbonyl (C=O) groups excluding carboxylic acids is 1. The zero-order valence-electron chi connectivity index (χ0n) is 18.2. The molecule has 0 saturated heterocycles. The van der Waals surface area contributed by atoms with E-state index in [1.54, 1.807) is 31.6 Å². The first-order valence-electron chi connectivity index (χ1n) is 10.5. The summed E-state index contributed by atoms with van der Waals surface area (Å²) < 4.78 is 11.1. The van der Waals surface area contributed by atoms with Gasteiger partial charge >= 0.3 is 0 Å². The van der Waals surface area contributed by atoms with E-state index in [1.807, 2.05) is 66.7 Å². The maximum absolute atomic E-state index is 12.7. The summed E-state index contributed by atoms with van der Waals surface area (Å²) in [7, 11) is 1.64. The molecule has 0 spiro atoms. The van der Waals surface area contributed by atoms with E-state index in [2.05, 4.69) is 20.6 Å². The number of ether oxygens (including phenoxy) is 2. The SMILES string of the molecule is COc1ccc(CCNC(=O)c2cccnc2Oc2ccc(Nc3ccccn3)cc2)cc1. The number of hydrogen-bond acceptors (Lipinski definition) is 6. The highest BCUT2D eigenvalue weighted by Crippen LogP contribution is 2.25. The number of amides is 1. The molecular weight excluding hydrogens is 416 g/mol. The number of methoxy groups -OCH3 is 1. The molecule has 2 heterocycles. The minimum Gasteiger partial charge on any atom is -0.497 e. The number of pyridine rings is 2. The Bertz CT molecular complexity index is 1180. The zero-order chi connectivity index (χ0) is 22.9. The van der Waals surface area contributed by atoms with Crippen LogP contribution in [-0.2, 0) is 6.42 Å². The molecule has 0 radical (unpaired) electrons. The molecule has 4 aromatic rings. The van der Waals surface area contributed by atoms with Crippen LogP contribution >= 0.6 is 0 Å². The van der Waals surface area contributed by atoms with Crippen molar-refractivity contribution in [1.82, 2.24) is 15.3 Å². The van der Waals surface area contributed by atoms with Gasteiger partial charge in [0.1, 0.15) is 22.9 Å². The molecule has 166 valence electrons. The molecule has 0 aliphatic carbocycles. The second kappa shape index (κ2) is 10.8. The third-order valence-corrected chi connectivity index (χ3v) is 4.88. The quantitative estimate of drug-likeness (QED) is 0.381.